The molecular weight excluding hydrogens is 232 g/mol. The number of anilines is 3. The van der Waals surface area contributed by atoms with Gasteiger partial charge >= 0.3 is 0 Å². The van der Waals surface area contributed by atoms with Crippen LogP contribution in [0.4, 0.5) is 17.3 Å². The highest BCUT2D eigenvalue weighted by Gasteiger charge is 2.10. The molecule has 1 heterocycles. The molecule has 1 aromatic heterocycles. The summed E-state index contributed by atoms with van der Waals surface area (Å²) < 4.78 is 0. The number of nitrogen functional groups attached to an aromatic ring is 1. The third-order valence-corrected chi connectivity index (χ3v) is 2.42. The van der Waals surface area contributed by atoms with Gasteiger partial charge in [0.15, 0.2) is 0 Å². The number of nitrogens with one attached hydrogen (secondary N) is 2. The minimum absolute atomic E-state index is 0.288. The fourth-order valence-corrected chi connectivity index (χ4v) is 1.55. The van der Waals surface area contributed by atoms with E-state index in [-0.39, 0.29) is 5.91 Å². The van der Waals surface area contributed by atoms with Gasteiger partial charge in [-0.05, 0) is 18.2 Å². The maximum absolute atomic E-state index is 11.9. The molecule has 4 N–H and O–H groups in total. The molecule has 0 fully saturated rings. The van der Waals surface area contributed by atoms with E-state index >= 15 is 0 Å². The van der Waals surface area contributed by atoms with Crippen molar-refractivity contribution in [1.82, 2.24) is 15.2 Å². The Balaban J connectivity index is 2.19. The van der Waals surface area contributed by atoms with Gasteiger partial charge in [-0.15, -0.1) is 0 Å². The van der Waals surface area contributed by atoms with Crippen LogP contribution in [0.1, 0.15) is 10.4 Å². The normalized spacial score (nSPS) is 10.1. The van der Waals surface area contributed by atoms with Gasteiger partial charge in [0.1, 0.15) is 6.33 Å². The molecule has 0 aliphatic heterocycles. The second kappa shape index (κ2) is 4.74. The van der Waals surface area contributed by atoms with Gasteiger partial charge in [-0.25, -0.2) is 5.10 Å². The van der Waals surface area contributed by atoms with Gasteiger partial charge in [0.25, 0.3) is 5.91 Å². The van der Waals surface area contributed by atoms with Crippen molar-refractivity contribution in [1.29, 1.82) is 0 Å². The van der Waals surface area contributed by atoms with E-state index in [2.05, 4.69) is 20.5 Å². The third kappa shape index (κ3) is 2.40. The van der Waals surface area contributed by atoms with Crippen LogP contribution < -0.4 is 16.0 Å². The van der Waals surface area contributed by atoms with Gasteiger partial charge in [-0.3, -0.25) is 10.1 Å². The first kappa shape index (κ1) is 11.9. The zero-order valence-electron chi connectivity index (χ0n) is 10.1. The van der Waals surface area contributed by atoms with Crippen molar-refractivity contribution in [2.75, 3.05) is 30.0 Å². The molecule has 7 nitrogen and oxygen atoms in total. The van der Waals surface area contributed by atoms with E-state index in [0.29, 0.717) is 17.2 Å². The van der Waals surface area contributed by atoms with Crippen LogP contribution in [0, 0.1) is 0 Å². The summed E-state index contributed by atoms with van der Waals surface area (Å²) in [4.78, 5) is 17.6. The SMILES string of the molecule is CN(C)c1ccc(C(=O)Nc2ncn[nH]2)cc1N. The fourth-order valence-electron chi connectivity index (χ4n) is 1.55. The van der Waals surface area contributed by atoms with Crippen LogP contribution in [-0.2, 0) is 0 Å². The summed E-state index contributed by atoms with van der Waals surface area (Å²) in [6.45, 7) is 0. The van der Waals surface area contributed by atoms with E-state index < -0.39 is 0 Å². The Morgan fingerprint density at radius 2 is 2.22 bits per heavy atom. The first-order chi connectivity index (χ1) is 8.58. The first-order valence-electron chi connectivity index (χ1n) is 5.31. The lowest BCUT2D eigenvalue weighted by atomic mass is 10.1. The summed E-state index contributed by atoms with van der Waals surface area (Å²) in [6, 6.07) is 5.13. The molecule has 0 radical (unpaired) electrons. The molecule has 1 aromatic carbocycles. The molecule has 0 unspecified atom stereocenters. The Kier molecular flexibility index (Phi) is 3.13. The van der Waals surface area contributed by atoms with Crippen LogP contribution in [0.15, 0.2) is 24.5 Å². The first-order valence-corrected chi connectivity index (χ1v) is 5.31. The largest absolute Gasteiger partial charge is 0.397 e. The number of hydrogen-bond donors (Lipinski definition) is 3. The summed E-state index contributed by atoms with van der Waals surface area (Å²) in [5.41, 5.74) is 7.76. The highest BCUT2D eigenvalue weighted by Crippen LogP contribution is 2.22. The number of rotatable bonds is 3. The smallest absolute Gasteiger partial charge is 0.258 e. The molecule has 18 heavy (non-hydrogen) atoms. The Morgan fingerprint density at radius 3 is 2.78 bits per heavy atom. The van der Waals surface area contributed by atoms with Crippen LogP contribution in [-0.4, -0.2) is 35.2 Å². The number of aromatic nitrogens is 3. The number of benzene rings is 1. The molecular formula is C11H14N6O. The lowest BCUT2D eigenvalue weighted by Gasteiger charge is -2.15. The summed E-state index contributed by atoms with van der Waals surface area (Å²) >= 11 is 0. The lowest BCUT2D eigenvalue weighted by molar-refractivity contribution is 0.102. The van der Waals surface area contributed by atoms with E-state index in [4.69, 9.17) is 5.73 Å². The van der Waals surface area contributed by atoms with Crippen LogP contribution in [0.5, 0.6) is 0 Å². The number of nitrogens with two attached hydrogens (primary N) is 1. The molecule has 2 rings (SSSR count). The van der Waals surface area contributed by atoms with Crippen molar-refractivity contribution in [3.05, 3.63) is 30.1 Å². The van der Waals surface area contributed by atoms with Crippen molar-refractivity contribution in [2.45, 2.75) is 0 Å². The summed E-state index contributed by atoms with van der Waals surface area (Å²) in [6.07, 6.45) is 1.32. The number of H-pyrrole nitrogens is 1. The van der Waals surface area contributed by atoms with E-state index in [1.54, 1.807) is 18.2 Å². The minimum atomic E-state index is -0.288. The van der Waals surface area contributed by atoms with Gasteiger partial charge in [0, 0.05) is 19.7 Å². The molecule has 0 aliphatic rings. The van der Waals surface area contributed by atoms with Gasteiger partial charge in [0.2, 0.25) is 5.95 Å². The highest BCUT2D eigenvalue weighted by molar-refractivity contribution is 6.04. The molecule has 2 aromatic rings. The topological polar surface area (TPSA) is 99.9 Å². The van der Waals surface area contributed by atoms with Gasteiger partial charge in [-0.1, -0.05) is 0 Å². The molecule has 1 amide bonds. The molecule has 0 spiro atoms. The van der Waals surface area contributed by atoms with Gasteiger partial charge in [-0.2, -0.15) is 10.1 Å². The van der Waals surface area contributed by atoms with Crippen molar-refractivity contribution in [2.24, 2.45) is 0 Å². The van der Waals surface area contributed by atoms with Crippen LogP contribution in [0.2, 0.25) is 0 Å². The number of hydrogen-bond acceptors (Lipinski definition) is 5. The Labute approximate surface area is 104 Å². The predicted octanol–water partition coefficient (Wildman–Crippen LogP) is 0.705. The molecule has 0 bridgehead atoms. The molecule has 0 atom stereocenters. The van der Waals surface area contributed by atoms with Gasteiger partial charge in [0.05, 0.1) is 11.4 Å². The van der Waals surface area contributed by atoms with E-state index in [0.717, 1.165) is 5.69 Å². The number of aromatic amines is 1. The van der Waals surface area contributed by atoms with Crippen LogP contribution in [0.3, 0.4) is 0 Å². The second-order valence-corrected chi connectivity index (χ2v) is 3.96. The zero-order chi connectivity index (χ0) is 13.1. The lowest BCUT2D eigenvalue weighted by Crippen LogP contribution is -2.15. The van der Waals surface area contributed by atoms with Crippen molar-refractivity contribution < 1.29 is 4.79 Å². The summed E-state index contributed by atoms with van der Waals surface area (Å²) in [7, 11) is 3.78. The van der Waals surface area contributed by atoms with Crippen LogP contribution >= 0.6 is 0 Å². The number of carbonyl (C=O) groups excluding carboxylic acids is 1. The highest BCUT2D eigenvalue weighted by atomic mass is 16.1. The number of amides is 1. The summed E-state index contributed by atoms with van der Waals surface area (Å²) in [5, 5.41) is 8.77. The number of nitrogens with zero attached hydrogens (tertiary/aromatic N) is 3. The molecule has 0 saturated carbocycles. The Morgan fingerprint density at radius 1 is 1.44 bits per heavy atom. The average Bonchev–Trinajstić information content (AvgIpc) is 2.81. The Hall–Kier alpha value is -2.57. The van der Waals surface area contributed by atoms with E-state index in [1.165, 1.54) is 6.33 Å². The van der Waals surface area contributed by atoms with Crippen molar-refractivity contribution >= 4 is 23.2 Å². The second-order valence-electron chi connectivity index (χ2n) is 3.96. The fraction of sp³-hybridized carbons (Fsp3) is 0.182. The molecule has 94 valence electrons. The molecule has 0 saturated heterocycles. The Bertz CT molecular complexity index is 549. The monoisotopic (exact) mass is 246 g/mol. The standard InChI is InChI=1S/C11H14N6O/c1-17(2)9-4-3-7(5-8(9)12)10(18)15-11-13-6-14-16-11/h3-6H,12H2,1-2H3,(H2,13,14,15,16,18). The molecule has 0 aliphatic carbocycles. The van der Waals surface area contributed by atoms with Crippen molar-refractivity contribution in [3.8, 4) is 0 Å². The zero-order valence-corrected chi connectivity index (χ0v) is 10.1. The average molecular weight is 246 g/mol. The number of carbonyl (C=O) groups is 1. The summed E-state index contributed by atoms with van der Waals surface area (Å²) in [5.74, 6) is 0.0130. The third-order valence-electron chi connectivity index (χ3n) is 2.42. The van der Waals surface area contributed by atoms with Crippen LogP contribution in [0.25, 0.3) is 0 Å². The quantitative estimate of drug-likeness (QED) is 0.692. The maximum atomic E-state index is 11.9. The predicted molar refractivity (Wildman–Crippen MR) is 69.5 cm³/mol. The minimum Gasteiger partial charge on any atom is -0.397 e. The van der Waals surface area contributed by atoms with E-state index in [1.807, 2.05) is 19.0 Å². The van der Waals surface area contributed by atoms with Crippen molar-refractivity contribution in [3.63, 3.8) is 0 Å². The van der Waals surface area contributed by atoms with Gasteiger partial charge < -0.3 is 10.6 Å². The maximum Gasteiger partial charge on any atom is 0.258 e. The molecule has 7 heteroatoms. The van der Waals surface area contributed by atoms with E-state index in [9.17, 15) is 4.79 Å².